The zero-order valence-corrected chi connectivity index (χ0v) is 15.4. The van der Waals surface area contributed by atoms with Gasteiger partial charge in [0.25, 0.3) is 0 Å². The van der Waals surface area contributed by atoms with Crippen molar-refractivity contribution in [2.75, 3.05) is 11.1 Å². The Morgan fingerprint density at radius 2 is 1.95 bits per heavy atom. The molecule has 118 valence electrons. The average molecular weight is 382 g/mol. The molecule has 1 N–H and O–H groups in total. The molecule has 0 unspecified atom stereocenters. The normalized spacial score (nSPS) is 11.5. The smallest absolute Gasteiger partial charge is 0.235 e. The Labute approximate surface area is 143 Å². The van der Waals surface area contributed by atoms with E-state index in [1.807, 2.05) is 30.3 Å². The third-order valence-electron chi connectivity index (χ3n) is 2.87. The molecule has 2 rings (SSSR count). The quantitative estimate of drug-likeness (QED) is 0.845. The summed E-state index contributed by atoms with van der Waals surface area (Å²) in [4.78, 5) is 12.0. The molecule has 0 bridgehead atoms. The highest BCUT2D eigenvalue weighted by Crippen LogP contribution is 2.23. The van der Waals surface area contributed by atoms with Gasteiger partial charge in [-0.1, -0.05) is 48.8 Å². The second kappa shape index (κ2) is 7.33. The largest absolute Gasteiger partial charge is 0.310 e. The molecule has 1 aromatic carbocycles. The minimum Gasteiger partial charge on any atom is -0.310 e. The van der Waals surface area contributed by atoms with Crippen LogP contribution in [0.25, 0.3) is 0 Å². The second-order valence-electron chi connectivity index (χ2n) is 5.95. The summed E-state index contributed by atoms with van der Waals surface area (Å²) in [7, 11) is 0. The predicted molar refractivity (Wildman–Crippen MR) is 96.3 cm³/mol. The molecule has 0 saturated carbocycles. The lowest BCUT2D eigenvalue weighted by molar-refractivity contribution is -0.113. The summed E-state index contributed by atoms with van der Waals surface area (Å²) in [5.41, 5.74) is 1.13. The molecule has 1 amide bonds. The Morgan fingerprint density at radius 1 is 1.27 bits per heavy atom. The number of thioether (sulfide) groups is 1. The standard InChI is InChI=1S/C16H20BrN3OS/c1-16(2,3)22-11-15(21)19-14-8-9-18-20(14)10-12-4-6-13(17)7-5-12/h4-9H,10-11H2,1-3H3,(H,19,21). The van der Waals surface area contributed by atoms with Crippen molar-refractivity contribution >= 4 is 39.4 Å². The van der Waals surface area contributed by atoms with Crippen LogP contribution in [-0.4, -0.2) is 26.2 Å². The molecule has 4 nitrogen and oxygen atoms in total. The van der Waals surface area contributed by atoms with Gasteiger partial charge in [0, 0.05) is 15.3 Å². The topological polar surface area (TPSA) is 46.9 Å². The van der Waals surface area contributed by atoms with E-state index in [2.05, 4.69) is 47.1 Å². The van der Waals surface area contributed by atoms with Crippen molar-refractivity contribution in [1.29, 1.82) is 0 Å². The van der Waals surface area contributed by atoms with Crippen LogP contribution in [0.1, 0.15) is 26.3 Å². The summed E-state index contributed by atoms with van der Waals surface area (Å²) >= 11 is 5.05. The van der Waals surface area contributed by atoms with E-state index >= 15 is 0 Å². The number of carbonyl (C=O) groups is 1. The first-order valence-electron chi connectivity index (χ1n) is 7.03. The average Bonchev–Trinajstić information content (AvgIpc) is 2.86. The van der Waals surface area contributed by atoms with Crippen LogP contribution in [0.3, 0.4) is 0 Å². The number of benzene rings is 1. The van der Waals surface area contributed by atoms with Crippen LogP contribution in [0.4, 0.5) is 5.82 Å². The maximum absolute atomic E-state index is 12.0. The first-order valence-corrected chi connectivity index (χ1v) is 8.81. The number of hydrogen-bond acceptors (Lipinski definition) is 3. The summed E-state index contributed by atoms with van der Waals surface area (Å²) in [6, 6.07) is 9.88. The van der Waals surface area contributed by atoms with Crippen LogP contribution < -0.4 is 5.32 Å². The number of rotatable bonds is 5. The van der Waals surface area contributed by atoms with Crippen LogP contribution in [0.5, 0.6) is 0 Å². The number of nitrogens with one attached hydrogen (secondary N) is 1. The van der Waals surface area contributed by atoms with Crippen LogP contribution >= 0.6 is 27.7 Å². The summed E-state index contributed by atoms with van der Waals surface area (Å²) in [5, 5.41) is 7.21. The van der Waals surface area contributed by atoms with E-state index in [0.29, 0.717) is 12.3 Å². The van der Waals surface area contributed by atoms with Gasteiger partial charge in [0.05, 0.1) is 18.5 Å². The van der Waals surface area contributed by atoms with Crippen molar-refractivity contribution in [3.8, 4) is 0 Å². The van der Waals surface area contributed by atoms with Crippen LogP contribution in [0.15, 0.2) is 41.0 Å². The van der Waals surface area contributed by atoms with Gasteiger partial charge in [0.2, 0.25) is 5.91 Å². The fraction of sp³-hybridized carbons (Fsp3) is 0.375. The zero-order valence-electron chi connectivity index (χ0n) is 13.0. The maximum Gasteiger partial charge on any atom is 0.235 e. The first kappa shape index (κ1) is 17.1. The van der Waals surface area contributed by atoms with Crippen molar-refractivity contribution < 1.29 is 4.79 Å². The summed E-state index contributed by atoms with van der Waals surface area (Å²) in [6.07, 6.45) is 1.70. The molecule has 0 aliphatic heterocycles. The predicted octanol–water partition coefficient (Wildman–Crippen LogP) is 4.16. The zero-order chi connectivity index (χ0) is 16.2. The highest BCUT2D eigenvalue weighted by atomic mass is 79.9. The molecule has 0 fully saturated rings. The lowest BCUT2D eigenvalue weighted by Gasteiger charge is -2.17. The monoisotopic (exact) mass is 381 g/mol. The fourth-order valence-electron chi connectivity index (χ4n) is 1.79. The number of nitrogens with zero attached hydrogens (tertiary/aromatic N) is 2. The Morgan fingerprint density at radius 3 is 2.59 bits per heavy atom. The highest BCUT2D eigenvalue weighted by Gasteiger charge is 2.14. The number of hydrogen-bond donors (Lipinski definition) is 1. The highest BCUT2D eigenvalue weighted by molar-refractivity contribution is 9.10. The van der Waals surface area contributed by atoms with Gasteiger partial charge in [-0.25, -0.2) is 4.68 Å². The van der Waals surface area contributed by atoms with Gasteiger partial charge in [0.1, 0.15) is 5.82 Å². The third kappa shape index (κ3) is 5.50. The van der Waals surface area contributed by atoms with E-state index in [4.69, 9.17) is 0 Å². The molecule has 0 spiro atoms. The maximum atomic E-state index is 12.0. The fourth-order valence-corrected chi connectivity index (χ4v) is 2.69. The van der Waals surface area contributed by atoms with Crippen LogP contribution in [-0.2, 0) is 11.3 Å². The molecule has 0 saturated heterocycles. The van der Waals surface area contributed by atoms with E-state index in [9.17, 15) is 4.79 Å². The number of anilines is 1. The summed E-state index contributed by atoms with van der Waals surface area (Å²) < 4.78 is 2.92. The lowest BCUT2D eigenvalue weighted by atomic mass is 10.2. The van der Waals surface area contributed by atoms with E-state index in [-0.39, 0.29) is 10.7 Å². The van der Waals surface area contributed by atoms with Gasteiger partial charge < -0.3 is 5.32 Å². The van der Waals surface area contributed by atoms with Crippen molar-refractivity contribution in [3.63, 3.8) is 0 Å². The molecular weight excluding hydrogens is 362 g/mol. The number of halogens is 1. The molecule has 0 atom stereocenters. The molecule has 0 aliphatic rings. The van der Waals surface area contributed by atoms with Crippen LogP contribution in [0, 0.1) is 0 Å². The molecule has 22 heavy (non-hydrogen) atoms. The van der Waals surface area contributed by atoms with Crippen molar-refractivity contribution in [2.45, 2.75) is 32.1 Å². The van der Waals surface area contributed by atoms with E-state index in [0.717, 1.165) is 15.9 Å². The number of amides is 1. The SMILES string of the molecule is CC(C)(C)SCC(=O)Nc1ccnn1Cc1ccc(Br)cc1. The van der Waals surface area contributed by atoms with Crippen molar-refractivity contribution in [2.24, 2.45) is 0 Å². The molecular formula is C16H20BrN3OS. The van der Waals surface area contributed by atoms with Gasteiger partial charge >= 0.3 is 0 Å². The molecule has 1 aromatic heterocycles. The number of aromatic nitrogens is 2. The summed E-state index contributed by atoms with van der Waals surface area (Å²) in [6.45, 7) is 6.93. The van der Waals surface area contributed by atoms with E-state index < -0.39 is 0 Å². The van der Waals surface area contributed by atoms with Gasteiger partial charge in [0.15, 0.2) is 0 Å². The Balaban J connectivity index is 1.97. The van der Waals surface area contributed by atoms with Gasteiger partial charge in [-0.2, -0.15) is 5.10 Å². The molecule has 2 aromatic rings. The molecule has 6 heteroatoms. The Kier molecular flexibility index (Phi) is 5.69. The van der Waals surface area contributed by atoms with Crippen molar-refractivity contribution in [1.82, 2.24) is 9.78 Å². The molecule has 1 heterocycles. The Bertz CT molecular complexity index is 632. The first-order chi connectivity index (χ1) is 10.3. The third-order valence-corrected chi connectivity index (χ3v) is 4.67. The van der Waals surface area contributed by atoms with Gasteiger partial charge in [-0.3, -0.25) is 4.79 Å². The summed E-state index contributed by atoms with van der Waals surface area (Å²) in [5.74, 6) is 1.16. The minimum absolute atomic E-state index is 0.00233. The van der Waals surface area contributed by atoms with Gasteiger partial charge in [-0.05, 0) is 17.7 Å². The number of carbonyl (C=O) groups excluding carboxylic acids is 1. The molecule has 0 aliphatic carbocycles. The van der Waals surface area contributed by atoms with E-state index in [1.54, 1.807) is 22.6 Å². The Hall–Kier alpha value is -1.27. The van der Waals surface area contributed by atoms with Crippen molar-refractivity contribution in [3.05, 3.63) is 46.6 Å². The second-order valence-corrected chi connectivity index (χ2v) is 8.67. The van der Waals surface area contributed by atoms with Crippen LogP contribution in [0.2, 0.25) is 0 Å². The van der Waals surface area contributed by atoms with E-state index in [1.165, 1.54) is 0 Å². The minimum atomic E-state index is -0.00233. The molecule has 0 radical (unpaired) electrons. The lowest BCUT2D eigenvalue weighted by Crippen LogP contribution is -2.21. The van der Waals surface area contributed by atoms with Gasteiger partial charge in [-0.15, -0.1) is 11.8 Å².